The van der Waals surface area contributed by atoms with Gasteiger partial charge in [0.05, 0.1) is 7.11 Å². The van der Waals surface area contributed by atoms with E-state index >= 15 is 0 Å². The minimum Gasteiger partial charge on any atom is -0.497 e. The number of methoxy groups -OCH3 is 1. The van der Waals surface area contributed by atoms with Crippen molar-refractivity contribution >= 4 is 11.4 Å². The number of hydrogen-bond donors (Lipinski definition) is 2. The van der Waals surface area contributed by atoms with Gasteiger partial charge in [-0.15, -0.1) is 6.58 Å². The Balaban J connectivity index is 2.75. The van der Waals surface area contributed by atoms with Crippen LogP contribution in [-0.4, -0.2) is 13.2 Å². The molecule has 0 radical (unpaired) electrons. The molecule has 0 bridgehead atoms. The molecule has 0 aliphatic heterocycles. The zero-order chi connectivity index (χ0) is 11.3. The van der Waals surface area contributed by atoms with Crippen molar-refractivity contribution in [1.29, 1.82) is 0 Å². The van der Waals surface area contributed by atoms with E-state index in [0.29, 0.717) is 11.7 Å². The van der Waals surface area contributed by atoms with Crippen LogP contribution in [0.4, 0.5) is 11.4 Å². The molecule has 0 spiro atoms. The lowest BCUT2D eigenvalue weighted by atomic mass is 10.2. The van der Waals surface area contributed by atoms with Gasteiger partial charge in [-0.05, 0) is 19.4 Å². The van der Waals surface area contributed by atoms with E-state index < -0.39 is 0 Å². The van der Waals surface area contributed by atoms with Gasteiger partial charge in [0.2, 0.25) is 0 Å². The fraction of sp³-hybridized carbons (Fsp3) is 0.333. The quantitative estimate of drug-likeness (QED) is 0.575. The molecule has 1 rings (SSSR count). The summed E-state index contributed by atoms with van der Waals surface area (Å²) in [6.07, 6.45) is 2.80. The van der Waals surface area contributed by atoms with Crippen molar-refractivity contribution in [2.45, 2.75) is 19.4 Å². The van der Waals surface area contributed by atoms with Gasteiger partial charge in [-0.25, -0.2) is 0 Å². The van der Waals surface area contributed by atoms with E-state index in [-0.39, 0.29) is 0 Å². The first kappa shape index (κ1) is 11.4. The van der Waals surface area contributed by atoms with Gasteiger partial charge in [-0.1, -0.05) is 6.08 Å². The number of benzene rings is 1. The molecule has 0 heterocycles. The van der Waals surface area contributed by atoms with Crippen LogP contribution in [0.15, 0.2) is 30.9 Å². The summed E-state index contributed by atoms with van der Waals surface area (Å²) < 4.78 is 5.14. The van der Waals surface area contributed by atoms with Gasteiger partial charge in [0.15, 0.2) is 0 Å². The molecule has 0 saturated heterocycles. The Labute approximate surface area is 90.9 Å². The van der Waals surface area contributed by atoms with Gasteiger partial charge < -0.3 is 15.8 Å². The highest BCUT2D eigenvalue weighted by atomic mass is 16.5. The fourth-order valence-corrected chi connectivity index (χ4v) is 1.42. The largest absolute Gasteiger partial charge is 0.497 e. The summed E-state index contributed by atoms with van der Waals surface area (Å²) in [4.78, 5) is 0. The molecule has 3 N–H and O–H groups in total. The normalized spacial score (nSPS) is 11.9. The van der Waals surface area contributed by atoms with Crippen LogP contribution < -0.4 is 15.8 Å². The maximum Gasteiger partial charge on any atom is 0.122 e. The van der Waals surface area contributed by atoms with Crippen LogP contribution in [0.5, 0.6) is 5.75 Å². The van der Waals surface area contributed by atoms with Crippen molar-refractivity contribution in [2.24, 2.45) is 0 Å². The Hall–Kier alpha value is -1.64. The van der Waals surface area contributed by atoms with Crippen LogP contribution in [0.1, 0.15) is 13.3 Å². The Kier molecular flexibility index (Phi) is 4.03. The zero-order valence-electron chi connectivity index (χ0n) is 9.29. The maximum atomic E-state index is 5.74. The molecule has 82 valence electrons. The highest BCUT2D eigenvalue weighted by Gasteiger charge is 2.02. The Morgan fingerprint density at radius 2 is 2.27 bits per heavy atom. The van der Waals surface area contributed by atoms with E-state index in [1.54, 1.807) is 13.2 Å². The van der Waals surface area contributed by atoms with Crippen LogP contribution in [0.25, 0.3) is 0 Å². The van der Waals surface area contributed by atoms with Gasteiger partial charge in [0.25, 0.3) is 0 Å². The molecule has 0 saturated carbocycles. The van der Waals surface area contributed by atoms with E-state index in [9.17, 15) is 0 Å². The molecule has 1 aromatic rings. The molecule has 0 aliphatic rings. The number of nitrogens with two attached hydrogens (primary N) is 1. The fourth-order valence-electron chi connectivity index (χ4n) is 1.42. The third kappa shape index (κ3) is 3.54. The van der Waals surface area contributed by atoms with Crippen molar-refractivity contribution in [3.05, 3.63) is 30.9 Å². The minimum absolute atomic E-state index is 0.342. The molecular formula is C12H18N2O. The average Bonchev–Trinajstić information content (AvgIpc) is 2.17. The standard InChI is InChI=1S/C12H18N2O/c1-4-5-9(2)14-11-6-10(13)7-12(8-11)15-3/h4,6-9,14H,1,5,13H2,2-3H3. The van der Waals surface area contributed by atoms with Crippen LogP contribution in [0, 0.1) is 0 Å². The predicted molar refractivity (Wildman–Crippen MR) is 65.3 cm³/mol. The molecular weight excluding hydrogens is 188 g/mol. The Morgan fingerprint density at radius 3 is 2.87 bits per heavy atom. The molecule has 3 heteroatoms. The number of hydrogen-bond acceptors (Lipinski definition) is 3. The third-order valence-electron chi connectivity index (χ3n) is 2.10. The van der Waals surface area contributed by atoms with E-state index in [1.807, 2.05) is 18.2 Å². The molecule has 0 aromatic heterocycles. The summed E-state index contributed by atoms with van der Waals surface area (Å²) in [6, 6.07) is 5.95. The third-order valence-corrected chi connectivity index (χ3v) is 2.10. The van der Waals surface area contributed by atoms with Crippen LogP contribution >= 0.6 is 0 Å². The lowest BCUT2D eigenvalue weighted by Gasteiger charge is -2.14. The van der Waals surface area contributed by atoms with Crippen molar-refractivity contribution < 1.29 is 4.74 Å². The maximum absolute atomic E-state index is 5.74. The van der Waals surface area contributed by atoms with Crippen molar-refractivity contribution in [3.8, 4) is 5.75 Å². The average molecular weight is 206 g/mol. The second kappa shape index (κ2) is 5.29. The monoisotopic (exact) mass is 206 g/mol. The van der Waals surface area contributed by atoms with Crippen LogP contribution in [0.2, 0.25) is 0 Å². The highest BCUT2D eigenvalue weighted by Crippen LogP contribution is 2.22. The van der Waals surface area contributed by atoms with Gasteiger partial charge in [-0.3, -0.25) is 0 Å². The Bertz CT molecular complexity index is 336. The first-order valence-corrected chi connectivity index (χ1v) is 4.97. The molecule has 3 nitrogen and oxygen atoms in total. The zero-order valence-corrected chi connectivity index (χ0v) is 9.29. The highest BCUT2D eigenvalue weighted by molar-refractivity contribution is 5.59. The van der Waals surface area contributed by atoms with Gasteiger partial charge in [-0.2, -0.15) is 0 Å². The van der Waals surface area contributed by atoms with E-state index in [4.69, 9.17) is 10.5 Å². The molecule has 15 heavy (non-hydrogen) atoms. The first-order valence-electron chi connectivity index (χ1n) is 4.97. The van der Waals surface area contributed by atoms with E-state index in [2.05, 4.69) is 18.8 Å². The van der Waals surface area contributed by atoms with Crippen molar-refractivity contribution in [2.75, 3.05) is 18.2 Å². The number of ether oxygens (including phenoxy) is 1. The molecule has 1 atom stereocenters. The van der Waals surface area contributed by atoms with Crippen molar-refractivity contribution in [1.82, 2.24) is 0 Å². The molecule has 0 fully saturated rings. The SMILES string of the molecule is C=CCC(C)Nc1cc(N)cc(OC)c1. The molecule has 1 aromatic carbocycles. The molecule has 1 unspecified atom stereocenters. The second-order valence-electron chi connectivity index (χ2n) is 3.56. The summed E-state index contributed by atoms with van der Waals surface area (Å²) >= 11 is 0. The van der Waals surface area contributed by atoms with Gasteiger partial charge in [0, 0.05) is 29.5 Å². The number of rotatable bonds is 5. The predicted octanol–water partition coefficient (Wildman–Crippen LogP) is 2.65. The number of nitrogens with one attached hydrogen (secondary N) is 1. The summed E-state index contributed by atoms with van der Waals surface area (Å²) in [5.41, 5.74) is 7.41. The topological polar surface area (TPSA) is 47.3 Å². The van der Waals surface area contributed by atoms with Crippen LogP contribution in [0.3, 0.4) is 0 Å². The smallest absolute Gasteiger partial charge is 0.122 e. The summed E-state index contributed by atoms with van der Waals surface area (Å²) in [6.45, 7) is 5.80. The lowest BCUT2D eigenvalue weighted by Crippen LogP contribution is -2.13. The van der Waals surface area contributed by atoms with Crippen LogP contribution in [-0.2, 0) is 0 Å². The lowest BCUT2D eigenvalue weighted by molar-refractivity contribution is 0.415. The summed E-state index contributed by atoms with van der Waals surface area (Å²) in [5, 5.41) is 3.33. The van der Waals surface area contributed by atoms with Gasteiger partial charge in [0.1, 0.15) is 5.75 Å². The minimum atomic E-state index is 0.342. The van der Waals surface area contributed by atoms with Gasteiger partial charge >= 0.3 is 0 Å². The molecule has 0 aliphatic carbocycles. The first-order chi connectivity index (χ1) is 7.15. The number of nitrogen functional groups attached to an aromatic ring is 1. The summed E-state index contributed by atoms with van der Waals surface area (Å²) in [5.74, 6) is 0.767. The number of anilines is 2. The van der Waals surface area contributed by atoms with Crippen molar-refractivity contribution in [3.63, 3.8) is 0 Å². The second-order valence-corrected chi connectivity index (χ2v) is 3.56. The molecule has 0 amide bonds. The Morgan fingerprint density at radius 1 is 1.53 bits per heavy atom. The van der Waals surface area contributed by atoms with E-state index in [0.717, 1.165) is 17.9 Å². The van der Waals surface area contributed by atoms with E-state index in [1.165, 1.54) is 0 Å². The summed E-state index contributed by atoms with van der Waals surface area (Å²) in [7, 11) is 1.63.